The SMILES string of the molecule is CC1NCCC1C(=O)NCCCN(C)c1ccccc1. The Balaban J connectivity index is 1.65. The van der Waals surface area contributed by atoms with Gasteiger partial charge in [0.2, 0.25) is 5.91 Å². The van der Waals surface area contributed by atoms with Gasteiger partial charge in [0.05, 0.1) is 5.92 Å². The minimum absolute atomic E-state index is 0.141. The van der Waals surface area contributed by atoms with Crippen LogP contribution in [0.2, 0.25) is 0 Å². The molecule has 4 heteroatoms. The van der Waals surface area contributed by atoms with E-state index in [4.69, 9.17) is 0 Å². The van der Waals surface area contributed by atoms with Crippen molar-refractivity contribution >= 4 is 11.6 Å². The topological polar surface area (TPSA) is 44.4 Å². The number of nitrogens with zero attached hydrogens (tertiary/aromatic N) is 1. The zero-order valence-corrected chi connectivity index (χ0v) is 12.4. The summed E-state index contributed by atoms with van der Waals surface area (Å²) in [5.74, 6) is 0.340. The van der Waals surface area contributed by atoms with Crippen LogP contribution >= 0.6 is 0 Å². The Hall–Kier alpha value is -1.55. The summed E-state index contributed by atoms with van der Waals surface area (Å²) in [5.41, 5.74) is 1.22. The smallest absolute Gasteiger partial charge is 0.224 e. The van der Waals surface area contributed by atoms with Gasteiger partial charge in [-0.05, 0) is 38.4 Å². The summed E-state index contributed by atoms with van der Waals surface area (Å²) in [6.07, 6.45) is 1.92. The van der Waals surface area contributed by atoms with E-state index in [0.717, 1.165) is 32.5 Å². The van der Waals surface area contributed by atoms with Crippen molar-refractivity contribution in [2.75, 3.05) is 31.6 Å². The van der Waals surface area contributed by atoms with Gasteiger partial charge in [0.15, 0.2) is 0 Å². The van der Waals surface area contributed by atoms with E-state index in [9.17, 15) is 4.79 Å². The fourth-order valence-electron chi connectivity index (χ4n) is 2.69. The van der Waals surface area contributed by atoms with Crippen LogP contribution in [0.5, 0.6) is 0 Å². The van der Waals surface area contributed by atoms with E-state index in [1.165, 1.54) is 5.69 Å². The molecule has 1 saturated heterocycles. The summed E-state index contributed by atoms with van der Waals surface area (Å²) in [5, 5.41) is 6.37. The van der Waals surface area contributed by atoms with Crippen molar-refractivity contribution < 1.29 is 4.79 Å². The molecular weight excluding hydrogens is 250 g/mol. The van der Waals surface area contributed by atoms with Crippen LogP contribution in [-0.4, -0.2) is 38.6 Å². The number of carbonyl (C=O) groups excluding carboxylic acids is 1. The summed E-state index contributed by atoms with van der Waals surface area (Å²) in [7, 11) is 2.08. The van der Waals surface area contributed by atoms with Gasteiger partial charge in [-0.15, -0.1) is 0 Å². The monoisotopic (exact) mass is 275 g/mol. The molecule has 1 aromatic carbocycles. The molecule has 1 fully saturated rings. The first-order valence-corrected chi connectivity index (χ1v) is 7.46. The van der Waals surface area contributed by atoms with E-state index in [0.29, 0.717) is 6.04 Å². The Morgan fingerprint density at radius 1 is 1.40 bits per heavy atom. The number of para-hydroxylation sites is 1. The van der Waals surface area contributed by atoms with Crippen LogP contribution in [0.4, 0.5) is 5.69 Å². The molecule has 1 aliphatic rings. The molecule has 20 heavy (non-hydrogen) atoms. The zero-order valence-electron chi connectivity index (χ0n) is 12.4. The van der Waals surface area contributed by atoms with Crippen LogP contribution in [0.15, 0.2) is 30.3 Å². The van der Waals surface area contributed by atoms with Crippen molar-refractivity contribution in [1.29, 1.82) is 0 Å². The lowest BCUT2D eigenvalue weighted by molar-refractivity contribution is -0.125. The second-order valence-corrected chi connectivity index (χ2v) is 5.54. The van der Waals surface area contributed by atoms with Crippen LogP contribution in [0.1, 0.15) is 19.8 Å². The fourth-order valence-corrected chi connectivity index (χ4v) is 2.69. The maximum Gasteiger partial charge on any atom is 0.224 e. The Labute approximate surface area is 121 Å². The number of amides is 1. The number of carbonyl (C=O) groups is 1. The Morgan fingerprint density at radius 2 is 2.15 bits per heavy atom. The van der Waals surface area contributed by atoms with E-state index < -0.39 is 0 Å². The highest BCUT2D eigenvalue weighted by Crippen LogP contribution is 2.15. The summed E-state index contributed by atoms with van der Waals surface area (Å²) in [6, 6.07) is 10.6. The van der Waals surface area contributed by atoms with Crippen LogP contribution in [0.3, 0.4) is 0 Å². The summed E-state index contributed by atoms with van der Waals surface area (Å²) >= 11 is 0. The zero-order chi connectivity index (χ0) is 14.4. The number of hydrogen-bond donors (Lipinski definition) is 2. The molecule has 0 aliphatic carbocycles. The standard InChI is InChI=1S/C16H25N3O/c1-13-15(9-11-17-13)16(20)18-10-6-12-19(2)14-7-4-3-5-8-14/h3-5,7-8,13,15,17H,6,9-12H2,1-2H3,(H,18,20). The highest BCUT2D eigenvalue weighted by Gasteiger charge is 2.28. The maximum absolute atomic E-state index is 12.0. The first kappa shape index (κ1) is 14.9. The molecule has 1 amide bonds. The molecule has 2 atom stereocenters. The lowest BCUT2D eigenvalue weighted by atomic mass is 10.0. The molecule has 0 bridgehead atoms. The highest BCUT2D eigenvalue weighted by atomic mass is 16.1. The summed E-state index contributed by atoms with van der Waals surface area (Å²) < 4.78 is 0. The van der Waals surface area contributed by atoms with E-state index >= 15 is 0 Å². The number of anilines is 1. The van der Waals surface area contributed by atoms with Crippen LogP contribution < -0.4 is 15.5 Å². The predicted molar refractivity (Wildman–Crippen MR) is 82.9 cm³/mol. The lowest BCUT2D eigenvalue weighted by Gasteiger charge is -2.20. The second kappa shape index (κ2) is 7.29. The fraction of sp³-hybridized carbons (Fsp3) is 0.562. The maximum atomic E-state index is 12.0. The molecule has 1 aromatic rings. The van der Waals surface area contributed by atoms with E-state index in [1.54, 1.807) is 0 Å². The largest absolute Gasteiger partial charge is 0.375 e. The third-order valence-corrected chi connectivity index (χ3v) is 4.03. The lowest BCUT2D eigenvalue weighted by Crippen LogP contribution is -2.37. The molecule has 1 aliphatic heterocycles. The van der Waals surface area contributed by atoms with Gasteiger partial charge < -0.3 is 15.5 Å². The normalized spacial score (nSPS) is 21.7. The minimum Gasteiger partial charge on any atom is -0.375 e. The Morgan fingerprint density at radius 3 is 2.80 bits per heavy atom. The molecule has 4 nitrogen and oxygen atoms in total. The van der Waals surface area contributed by atoms with E-state index in [1.807, 2.05) is 18.2 Å². The first-order chi connectivity index (χ1) is 9.68. The molecular formula is C16H25N3O. The Bertz CT molecular complexity index is 421. The van der Waals surface area contributed by atoms with Gasteiger partial charge >= 0.3 is 0 Å². The predicted octanol–water partition coefficient (Wildman–Crippen LogP) is 1.63. The number of nitrogens with one attached hydrogen (secondary N) is 2. The average molecular weight is 275 g/mol. The molecule has 0 radical (unpaired) electrons. The molecule has 0 aromatic heterocycles. The van der Waals surface area contributed by atoms with Crippen LogP contribution in [0.25, 0.3) is 0 Å². The van der Waals surface area contributed by atoms with Gasteiger partial charge in [0.1, 0.15) is 0 Å². The van der Waals surface area contributed by atoms with Gasteiger partial charge in [-0.25, -0.2) is 0 Å². The summed E-state index contributed by atoms with van der Waals surface area (Å²) in [4.78, 5) is 14.2. The summed E-state index contributed by atoms with van der Waals surface area (Å²) in [6.45, 7) is 4.73. The molecule has 2 unspecified atom stereocenters. The third kappa shape index (κ3) is 3.97. The van der Waals surface area contributed by atoms with Gasteiger partial charge in [-0.3, -0.25) is 4.79 Å². The number of hydrogen-bond acceptors (Lipinski definition) is 3. The third-order valence-electron chi connectivity index (χ3n) is 4.03. The quantitative estimate of drug-likeness (QED) is 0.776. The number of benzene rings is 1. The van der Waals surface area contributed by atoms with Crippen molar-refractivity contribution in [3.63, 3.8) is 0 Å². The van der Waals surface area contributed by atoms with Crippen molar-refractivity contribution in [3.8, 4) is 0 Å². The molecule has 2 rings (SSSR count). The molecule has 0 spiro atoms. The Kier molecular flexibility index (Phi) is 5.41. The van der Waals surface area contributed by atoms with Gasteiger partial charge in [0, 0.05) is 31.9 Å². The van der Waals surface area contributed by atoms with Gasteiger partial charge in [0.25, 0.3) is 0 Å². The first-order valence-electron chi connectivity index (χ1n) is 7.46. The van der Waals surface area contributed by atoms with E-state index in [-0.39, 0.29) is 11.8 Å². The molecule has 110 valence electrons. The number of rotatable bonds is 6. The van der Waals surface area contributed by atoms with Crippen LogP contribution in [0, 0.1) is 5.92 Å². The highest BCUT2D eigenvalue weighted by molar-refractivity contribution is 5.79. The van der Waals surface area contributed by atoms with Crippen molar-refractivity contribution in [1.82, 2.24) is 10.6 Å². The second-order valence-electron chi connectivity index (χ2n) is 5.54. The van der Waals surface area contributed by atoms with Crippen molar-refractivity contribution in [2.45, 2.75) is 25.8 Å². The average Bonchev–Trinajstić information content (AvgIpc) is 2.90. The molecule has 0 saturated carbocycles. The van der Waals surface area contributed by atoms with Crippen molar-refractivity contribution in [2.24, 2.45) is 5.92 Å². The van der Waals surface area contributed by atoms with E-state index in [2.05, 4.69) is 41.6 Å². The van der Waals surface area contributed by atoms with Gasteiger partial charge in [-0.2, -0.15) is 0 Å². The molecule has 2 N–H and O–H groups in total. The van der Waals surface area contributed by atoms with Crippen LogP contribution in [-0.2, 0) is 4.79 Å². The van der Waals surface area contributed by atoms with Crippen molar-refractivity contribution in [3.05, 3.63) is 30.3 Å². The molecule has 1 heterocycles. The minimum atomic E-state index is 0.141. The van der Waals surface area contributed by atoms with Gasteiger partial charge in [-0.1, -0.05) is 18.2 Å².